The van der Waals surface area contributed by atoms with Crippen LogP contribution in [-0.2, 0) is 9.53 Å². The van der Waals surface area contributed by atoms with Crippen molar-refractivity contribution in [3.63, 3.8) is 0 Å². The van der Waals surface area contributed by atoms with Gasteiger partial charge in [-0.2, -0.15) is 0 Å². The molecule has 1 fully saturated rings. The monoisotopic (exact) mass is 277 g/mol. The maximum absolute atomic E-state index is 12.4. The molecule has 0 aromatic carbocycles. The second-order valence-electron chi connectivity index (χ2n) is 5.25. The summed E-state index contributed by atoms with van der Waals surface area (Å²) in [6.07, 6.45) is 3.15. The summed E-state index contributed by atoms with van der Waals surface area (Å²) in [5, 5.41) is 0. The first-order valence-electron chi connectivity index (χ1n) is 6.49. The molecule has 108 valence electrons. The summed E-state index contributed by atoms with van der Waals surface area (Å²) in [5.74, 6) is -0.264. The molecule has 20 heavy (non-hydrogen) atoms. The second kappa shape index (κ2) is 5.58. The minimum absolute atomic E-state index is 0.126. The van der Waals surface area contributed by atoms with E-state index < -0.39 is 5.60 Å². The predicted molar refractivity (Wildman–Crippen MR) is 73.2 cm³/mol. The van der Waals surface area contributed by atoms with Gasteiger partial charge in [-0.25, -0.2) is 0 Å². The lowest BCUT2D eigenvalue weighted by atomic mass is 10.0. The highest BCUT2D eigenvalue weighted by Gasteiger charge is 2.41. The summed E-state index contributed by atoms with van der Waals surface area (Å²) in [5.41, 5.74) is -0.464. The zero-order valence-corrected chi connectivity index (χ0v) is 12.0. The van der Waals surface area contributed by atoms with Crippen molar-refractivity contribution in [3.05, 3.63) is 30.1 Å². The Morgan fingerprint density at radius 1 is 1.45 bits per heavy atom. The lowest BCUT2D eigenvalue weighted by molar-refractivity contribution is -0.162. The SMILES string of the molecule is CN(C)C(=O)C1(C)CN(C(=O)c2cccnc2)CCO1. The van der Waals surface area contributed by atoms with Crippen LogP contribution in [0.5, 0.6) is 0 Å². The highest BCUT2D eigenvalue weighted by Crippen LogP contribution is 2.21. The number of aromatic nitrogens is 1. The van der Waals surface area contributed by atoms with Crippen molar-refractivity contribution < 1.29 is 14.3 Å². The van der Waals surface area contributed by atoms with Crippen LogP contribution in [0.3, 0.4) is 0 Å². The van der Waals surface area contributed by atoms with E-state index in [4.69, 9.17) is 4.74 Å². The number of morpholine rings is 1. The molecule has 0 N–H and O–H groups in total. The Balaban J connectivity index is 2.15. The van der Waals surface area contributed by atoms with Gasteiger partial charge in [0.25, 0.3) is 11.8 Å². The molecule has 6 heteroatoms. The number of carbonyl (C=O) groups excluding carboxylic acids is 2. The number of carbonyl (C=O) groups is 2. The second-order valence-corrected chi connectivity index (χ2v) is 5.25. The molecule has 0 saturated carbocycles. The maximum Gasteiger partial charge on any atom is 0.255 e. The van der Waals surface area contributed by atoms with E-state index in [2.05, 4.69) is 4.98 Å². The number of nitrogens with zero attached hydrogens (tertiary/aromatic N) is 3. The van der Waals surface area contributed by atoms with E-state index in [1.807, 2.05) is 0 Å². The summed E-state index contributed by atoms with van der Waals surface area (Å²) in [7, 11) is 3.36. The minimum atomic E-state index is -0.986. The summed E-state index contributed by atoms with van der Waals surface area (Å²) in [4.78, 5) is 31.6. The van der Waals surface area contributed by atoms with Crippen molar-refractivity contribution in [1.29, 1.82) is 0 Å². The normalized spacial score (nSPS) is 22.4. The fraction of sp³-hybridized carbons (Fsp3) is 0.500. The average Bonchev–Trinajstić information content (AvgIpc) is 2.46. The molecule has 1 aliphatic heterocycles. The third-order valence-corrected chi connectivity index (χ3v) is 3.33. The summed E-state index contributed by atoms with van der Waals surface area (Å²) >= 11 is 0. The Bertz CT molecular complexity index is 504. The molecule has 0 aliphatic carbocycles. The van der Waals surface area contributed by atoms with Gasteiger partial charge in [0, 0.05) is 33.0 Å². The molecule has 6 nitrogen and oxygen atoms in total. The third-order valence-electron chi connectivity index (χ3n) is 3.33. The van der Waals surface area contributed by atoms with Crippen LogP contribution >= 0.6 is 0 Å². The molecule has 2 rings (SSSR count). The topological polar surface area (TPSA) is 62.7 Å². The largest absolute Gasteiger partial charge is 0.362 e. The van der Waals surface area contributed by atoms with Crippen molar-refractivity contribution in [2.75, 3.05) is 33.8 Å². The Morgan fingerprint density at radius 3 is 2.80 bits per heavy atom. The molecular formula is C14H19N3O3. The highest BCUT2D eigenvalue weighted by molar-refractivity contribution is 5.95. The van der Waals surface area contributed by atoms with Crippen LogP contribution in [0.15, 0.2) is 24.5 Å². The maximum atomic E-state index is 12.4. The predicted octanol–water partition coefficient (Wildman–Crippen LogP) is 0.401. The van der Waals surface area contributed by atoms with E-state index in [9.17, 15) is 9.59 Å². The summed E-state index contributed by atoms with van der Waals surface area (Å²) in [6, 6.07) is 3.44. The number of likely N-dealkylation sites (N-methyl/N-ethyl adjacent to an activating group) is 1. The number of amides is 2. The van der Waals surface area contributed by atoms with Gasteiger partial charge in [-0.3, -0.25) is 14.6 Å². The van der Waals surface area contributed by atoms with Crippen molar-refractivity contribution in [2.45, 2.75) is 12.5 Å². The van der Waals surface area contributed by atoms with Gasteiger partial charge >= 0.3 is 0 Å². The molecule has 0 spiro atoms. The van der Waals surface area contributed by atoms with Gasteiger partial charge in [0.1, 0.15) is 0 Å². The molecule has 1 aliphatic rings. The highest BCUT2D eigenvalue weighted by atomic mass is 16.5. The number of hydrogen-bond donors (Lipinski definition) is 0. The first kappa shape index (κ1) is 14.5. The third kappa shape index (κ3) is 2.80. The lowest BCUT2D eigenvalue weighted by Gasteiger charge is -2.40. The van der Waals surface area contributed by atoms with Gasteiger partial charge in [0.05, 0.1) is 18.7 Å². The Kier molecular flexibility index (Phi) is 4.04. The smallest absolute Gasteiger partial charge is 0.255 e. The van der Waals surface area contributed by atoms with E-state index >= 15 is 0 Å². The van der Waals surface area contributed by atoms with Crippen LogP contribution < -0.4 is 0 Å². The molecule has 1 saturated heterocycles. The van der Waals surface area contributed by atoms with E-state index in [1.54, 1.807) is 44.2 Å². The zero-order valence-electron chi connectivity index (χ0n) is 12.0. The van der Waals surface area contributed by atoms with Gasteiger partial charge < -0.3 is 14.5 Å². The molecule has 1 aromatic rings. The van der Waals surface area contributed by atoms with Crippen LogP contribution in [0.25, 0.3) is 0 Å². The fourth-order valence-corrected chi connectivity index (χ4v) is 2.32. The fourth-order valence-electron chi connectivity index (χ4n) is 2.32. The van der Waals surface area contributed by atoms with Crippen molar-refractivity contribution in [1.82, 2.24) is 14.8 Å². The molecule has 1 aromatic heterocycles. The van der Waals surface area contributed by atoms with Crippen LogP contribution in [0.4, 0.5) is 0 Å². The summed E-state index contributed by atoms with van der Waals surface area (Å²) in [6.45, 7) is 2.79. The van der Waals surface area contributed by atoms with Gasteiger partial charge in [-0.15, -0.1) is 0 Å². The zero-order chi connectivity index (χ0) is 14.8. The van der Waals surface area contributed by atoms with Crippen molar-refractivity contribution in [3.8, 4) is 0 Å². The Labute approximate surface area is 118 Å². The number of ether oxygens (including phenoxy) is 1. The molecule has 0 bridgehead atoms. The van der Waals surface area contributed by atoms with Gasteiger partial charge in [-0.05, 0) is 19.1 Å². The van der Waals surface area contributed by atoms with Crippen LogP contribution in [-0.4, -0.2) is 66.0 Å². The van der Waals surface area contributed by atoms with Crippen molar-refractivity contribution >= 4 is 11.8 Å². The average molecular weight is 277 g/mol. The Hall–Kier alpha value is -1.95. The van der Waals surface area contributed by atoms with E-state index in [-0.39, 0.29) is 18.4 Å². The van der Waals surface area contributed by atoms with Crippen LogP contribution in [0.2, 0.25) is 0 Å². The van der Waals surface area contributed by atoms with Gasteiger partial charge in [0.15, 0.2) is 5.60 Å². The number of pyridine rings is 1. The number of hydrogen-bond acceptors (Lipinski definition) is 4. The van der Waals surface area contributed by atoms with Crippen LogP contribution in [0.1, 0.15) is 17.3 Å². The van der Waals surface area contributed by atoms with E-state index in [1.165, 1.54) is 11.1 Å². The molecular weight excluding hydrogens is 258 g/mol. The molecule has 2 amide bonds. The Morgan fingerprint density at radius 2 is 2.20 bits per heavy atom. The first-order valence-corrected chi connectivity index (χ1v) is 6.49. The van der Waals surface area contributed by atoms with E-state index in [0.717, 1.165) is 0 Å². The lowest BCUT2D eigenvalue weighted by Crippen LogP contribution is -2.59. The molecule has 1 unspecified atom stereocenters. The minimum Gasteiger partial charge on any atom is -0.362 e. The molecule has 0 radical (unpaired) electrons. The summed E-state index contributed by atoms with van der Waals surface area (Å²) < 4.78 is 5.60. The van der Waals surface area contributed by atoms with Gasteiger partial charge in [0.2, 0.25) is 0 Å². The standard InChI is InChI=1S/C14H19N3O3/c1-14(13(19)16(2)3)10-17(7-8-20-14)12(18)11-5-4-6-15-9-11/h4-6,9H,7-8,10H2,1-3H3. The first-order chi connectivity index (χ1) is 9.44. The molecule has 2 heterocycles. The van der Waals surface area contributed by atoms with E-state index in [0.29, 0.717) is 18.7 Å². The van der Waals surface area contributed by atoms with Gasteiger partial charge in [-0.1, -0.05) is 0 Å². The van der Waals surface area contributed by atoms with Crippen LogP contribution in [0, 0.1) is 0 Å². The quantitative estimate of drug-likeness (QED) is 0.785. The molecule has 1 atom stereocenters. The number of rotatable bonds is 2. The van der Waals surface area contributed by atoms with Crippen molar-refractivity contribution in [2.24, 2.45) is 0 Å².